The Hall–Kier alpha value is -3.34. The van der Waals surface area contributed by atoms with Gasteiger partial charge in [-0.15, -0.1) is 6.42 Å². The highest BCUT2D eigenvalue weighted by Crippen LogP contribution is 2.52. The van der Waals surface area contributed by atoms with Gasteiger partial charge in [0, 0.05) is 0 Å². The summed E-state index contributed by atoms with van der Waals surface area (Å²) in [5, 5.41) is 10.6. The first-order chi connectivity index (χ1) is 17.4. The van der Waals surface area contributed by atoms with Crippen molar-refractivity contribution < 1.29 is 41.9 Å². The number of phosphoric acid groups is 1. The number of ether oxygens (including phenoxy) is 2. The van der Waals surface area contributed by atoms with Gasteiger partial charge in [-0.1, -0.05) is 24.1 Å². The summed E-state index contributed by atoms with van der Waals surface area (Å²) >= 11 is 0. The van der Waals surface area contributed by atoms with E-state index in [0.29, 0.717) is 10.9 Å². The van der Waals surface area contributed by atoms with Gasteiger partial charge in [0.15, 0.2) is 12.3 Å². The van der Waals surface area contributed by atoms with Crippen LogP contribution in [0.4, 0.5) is 4.39 Å². The second kappa shape index (κ2) is 11.4. The molecule has 6 atom stereocenters. The molecular formula is C22H25FN3O10P. The van der Waals surface area contributed by atoms with Crippen molar-refractivity contribution in [2.24, 2.45) is 0 Å². The minimum absolute atomic E-state index is 0.0513. The zero-order valence-corrected chi connectivity index (χ0v) is 20.9. The average molecular weight is 541 g/mol. The number of H-pyrrole nitrogens is 1. The van der Waals surface area contributed by atoms with Crippen LogP contribution in [-0.4, -0.2) is 62.3 Å². The number of para-hydroxylation sites is 1. The van der Waals surface area contributed by atoms with Crippen LogP contribution in [0.15, 0.2) is 46.2 Å². The van der Waals surface area contributed by atoms with Gasteiger partial charge in [0.2, 0.25) is 5.67 Å². The Balaban J connectivity index is 1.84. The molecule has 13 nitrogen and oxygen atoms in total. The van der Waals surface area contributed by atoms with Crippen LogP contribution in [0.25, 0.3) is 0 Å². The molecule has 200 valence electrons. The van der Waals surface area contributed by atoms with Crippen molar-refractivity contribution >= 4 is 13.8 Å². The van der Waals surface area contributed by atoms with Gasteiger partial charge in [-0.2, -0.15) is 4.98 Å². The molecule has 2 aromatic rings. The molecule has 2 heterocycles. The Labute approximate surface area is 210 Å². The van der Waals surface area contributed by atoms with E-state index < -0.39 is 68.1 Å². The lowest BCUT2D eigenvalue weighted by molar-refractivity contribution is -0.156. The van der Waals surface area contributed by atoms with Gasteiger partial charge in [-0.25, -0.2) is 23.3 Å². The number of aromatic nitrogens is 3. The zero-order valence-electron chi connectivity index (χ0n) is 20.0. The lowest BCUT2D eigenvalue weighted by Crippen LogP contribution is -2.45. The molecule has 1 fully saturated rings. The lowest BCUT2D eigenvalue weighted by Gasteiger charge is -2.24. The maximum atomic E-state index is 15.6. The van der Waals surface area contributed by atoms with E-state index in [1.54, 1.807) is 38.0 Å². The summed E-state index contributed by atoms with van der Waals surface area (Å²) < 4.78 is 56.0. The number of aliphatic hydroxyl groups is 1. The van der Waals surface area contributed by atoms with E-state index in [1.165, 1.54) is 19.1 Å². The Morgan fingerprint density at radius 2 is 2.03 bits per heavy atom. The minimum atomic E-state index is -4.63. The molecular weight excluding hydrogens is 516 g/mol. The predicted molar refractivity (Wildman–Crippen MR) is 124 cm³/mol. The molecule has 1 aromatic carbocycles. The summed E-state index contributed by atoms with van der Waals surface area (Å²) in [6.45, 7) is 3.65. The fourth-order valence-corrected chi connectivity index (χ4v) is 4.59. The number of rotatable bonds is 10. The standard InChI is InChI=1S/C22H25FN3O10P/c1-5-22(23)17(27)16(34-19(22)26-12-24-20(29)25-21(26)30)11-32-37(31,36-15-9-7-6-8-10-15)35-14(4)18(28)33-13(2)3/h1,6-10,12-14,16-17,19,27H,11H2,2-4H3,(H,25,29,30)/t14-,16+,17-,19+,22?,37?/m0/s1. The fourth-order valence-electron chi connectivity index (χ4n) is 3.25. The molecule has 1 aromatic heterocycles. The topological polar surface area (TPSA) is 168 Å². The highest BCUT2D eigenvalue weighted by molar-refractivity contribution is 7.49. The summed E-state index contributed by atoms with van der Waals surface area (Å²) in [5.74, 6) is 0.941. The second-order valence-corrected chi connectivity index (χ2v) is 9.70. The number of hydrogen-bond donors (Lipinski definition) is 2. The molecule has 1 aliphatic heterocycles. The van der Waals surface area contributed by atoms with Gasteiger partial charge in [0.05, 0.1) is 12.7 Å². The van der Waals surface area contributed by atoms with Crippen molar-refractivity contribution in [3.63, 3.8) is 0 Å². The first-order valence-electron chi connectivity index (χ1n) is 10.9. The van der Waals surface area contributed by atoms with E-state index in [4.69, 9.17) is 29.5 Å². The Kier molecular flexibility index (Phi) is 8.68. The van der Waals surface area contributed by atoms with Crippen molar-refractivity contribution in [1.82, 2.24) is 14.5 Å². The number of alkyl halides is 1. The lowest BCUT2D eigenvalue weighted by atomic mass is 9.97. The quantitative estimate of drug-likeness (QED) is 0.251. The van der Waals surface area contributed by atoms with Crippen LogP contribution in [0.5, 0.6) is 5.75 Å². The van der Waals surface area contributed by atoms with E-state index in [2.05, 4.69) is 4.98 Å². The molecule has 0 amide bonds. The highest BCUT2D eigenvalue weighted by atomic mass is 31.2. The Morgan fingerprint density at radius 1 is 1.35 bits per heavy atom. The Bertz CT molecular complexity index is 1310. The molecule has 0 spiro atoms. The third-order valence-electron chi connectivity index (χ3n) is 5.00. The van der Waals surface area contributed by atoms with Gasteiger partial charge >= 0.3 is 25.2 Å². The highest BCUT2D eigenvalue weighted by Gasteiger charge is 2.58. The van der Waals surface area contributed by atoms with Crippen LogP contribution in [0.1, 0.15) is 27.0 Å². The fraction of sp³-hybridized carbons (Fsp3) is 0.455. The molecule has 0 radical (unpaired) electrons. The van der Waals surface area contributed by atoms with Crippen LogP contribution in [0.3, 0.4) is 0 Å². The molecule has 1 aliphatic rings. The molecule has 3 rings (SSSR count). The summed E-state index contributed by atoms with van der Waals surface area (Å²) in [7, 11) is -4.63. The Morgan fingerprint density at radius 3 is 2.62 bits per heavy atom. The third kappa shape index (κ3) is 6.51. The van der Waals surface area contributed by atoms with Crippen molar-refractivity contribution in [3.05, 3.63) is 57.6 Å². The minimum Gasteiger partial charge on any atom is -0.461 e. The van der Waals surface area contributed by atoms with E-state index >= 15 is 4.39 Å². The van der Waals surface area contributed by atoms with Gasteiger partial charge in [-0.3, -0.25) is 18.6 Å². The van der Waals surface area contributed by atoms with E-state index in [1.807, 2.05) is 4.98 Å². The molecule has 2 unspecified atom stereocenters. The van der Waals surface area contributed by atoms with Crippen LogP contribution in [-0.2, 0) is 27.9 Å². The molecule has 15 heteroatoms. The van der Waals surface area contributed by atoms with Crippen molar-refractivity contribution in [1.29, 1.82) is 0 Å². The molecule has 0 saturated carbocycles. The summed E-state index contributed by atoms with van der Waals surface area (Å²) in [6, 6.07) is 7.69. The first-order valence-corrected chi connectivity index (χ1v) is 12.4. The van der Waals surface area contributed by atoms with Crippen molar-refractivity contribution in [2.75, 3.05) is 6.61 Å². The van der Waals surface area contributed by atoms with E-state index in [9.17, 15) is 24.1 Å². The molecule has 1 saturated heterocycles. The van der Waals surface area contributed by atoms with Crippen molar-refractivity contribution in [3.8, 4) is 18.1 Å². The van der Waals surface area contributed by atoms with Gasteiger partial charge in [0.25, 0.3) is 0 Å². The maximum absolute atomic E-state index is 15.6. The van der Waals surface area contributed by atoms with Crippen LogP contribution in [0, 0.1) is 12.3 Å². The SMILES string of the molecule is C#CC1(F)[C@@H](O)[C@@H](COP(=O)(Oc2ccccc2)O[C@@H](C)C(=O)OC(C)C)O[C@H]1n1cnc(=O)[nH]c1=O. The van der Waals surface area contributed by atoms with Crippen LogP contribution < -0.4 is 15.9 Å². The number of halogens is 1. The van der Waals surface area contributed by atoms with E-state index in [0.717, 1.165) is 0 Å². The van der Waals surface area contributed by atoms with Gasteiger partial charge in [0.1, 0.15) is 24.3 Å². The number of benzene rings is 1. The number of nitrogens with one attached hydrogen (secondary N) is 1. The molecule has 37 heavy (non-hydrogen) atoms. The summed E-state index contributed by atoms with van der Waals surface area (Å²) in [5.41, 5.74) is -5.07. The number of terminal acetylenes is 1. The number of aromatic amines is 1. The average Bonchev–Trinajstić information content (AvgIpc) is 3.08. The number of carbonyl (C=O) groups is 1. The number of phosphoric ester groups is 1. The number of nitrogens with zero attached hydrogens (tertiary/aromatic N) is 2. The van der Waals surface area contributed by atoms with Crippen LogP contribution >= 0.6 is 7.82 Å². The smallest absolute Gasteiger partial charge is 0.461 e. The first kappa shape index (κ1) is 28.2. The molecule has 0 aliphatic carbocycles. The number of aliphatic hydroxyl groups excluding tert-OH is 1. The summed E-state index contributed by atoms with van der Waals surface area (Å²) in [4.78, 5) is 40.7. The number of carbonyl (C=O) groups excluding carboxylic acids is 1. The van der Waals surface area contributed by atoms with Crippen molar-refractivity contribution in [2.45, 2.75) is 57.1 Å². The third-order valence-corrected chi connectivity index (χ3v) is 6.47. The zero-order chi connectivity index (χ0) is 27.4. The predicted octanol–water partition coefficient (Wildman–Crippen LogP) is 1.09. The normalized spacial score (nSPS) is 25.7. The number of hydrogen-bond acceptors (Lipinski definition) is 11. The molecule has 0 bridgehead atoms. The second-order valence-electron chi connectivity index (χ2n) is 8.15. The van der Waals surface area contributed by atoms with Gasteiger partial charge in [-0.05, 0) is 32.9 Å². The summed E-state index contributed by atoms with van der Waals surface area (Å²) in [6.07, 6.45) is -1.52. The maximum Gasteiger partial charge on any atom is 0.530 e. The number of esters is 1. The van der Waals surface area contributed by atoms with Gasteiger partial charge < -0.3 is 19.1 Å². The molecule has 2 N–H and O–H groups in total. The van der Waals surface area contributed by atoms with E-state index in [-0.39, 0.29) is 5.75 Å². The van der Waals surface area contributed by atoms with Crippen LogP contribution in [0.2, 0.25) is 0 Å². The largest absolute Gasteiger partial charge is 0.530 e. The monoisotopic (exact) mass is 541 g/mol.